The zero-order valence-corrected chi connectivity index (χ0v) is 15.6. The van der Waals surface area contributed by atoms with E-state index >= 15 is 0 Å². The molecule has 0 fully saturated rings. The van der Waals surface area contributed by atoms with E-state index in [1.54, 1.807) is 19.1 Å². The van der Waals surface area contributed by atoms with Gasteiger partial charge in [-0.15, -0.1) is 0 Å². The maximum Gasteiger partial charge on any atom is 0.315 e. The van der Waals surface area contributed by atoms with Crippen LogP contribution in [0.25, 0.3) is 0 Å². The molecule has 26 heavy (non-hydrogen) atoms. The van der Waals surface area contributed by atoms with Crippen LogP contribution in [0.15, 0.2) is 54.6 Å². The van der Waals surface area contributed by atoms with Gasteiger partial charge in [-0.2, -0.15) is 8.42 Å². The van der Waals surface area contributed by atoms with Gasteiger partial charge in [-0.3, -0.25) is 4.79 Å². The lowest BCUT2D eigenvalue weighted by atomic mass is 9.88. The molecule has 0 spiro atoms. The van der Waals surface area contributed by atoms with Crippen LogP contribution in [0.4, 0.5) is 0 Å². The number of hydrogen-bond acceptors (Lipinski definition) is 6. The predicted octanol–water partition coefficient (Wildman–Crippen LogP) is 2.24. The van der Waals surface area contributed by atoms with E-state index in [2.05, 4.69) is 0 Å². The van der Waals surface area contributed by atoms with E-state index in [1.165, 1.54) is 12.1 Å². The van der Waals surface area contributed by atoms with Crippen LogP contribution < -0.4 is 9.92 Å². The summed E-state index contributed by atoms with van der Waals surface area (Å²) in [5.41, 5.74) is 7.99. The summed E-state index contributed by atoms with van der Waals surface area (Å²) < 4.78 is 32.4. The molecular formula is C19H23NO5S. The van der Waals surface area contributed by atoms with Crippen molar-refractivity contribution in [3.8, 4) is 5.75 Å². The Bertz CT molecular complexity index is 819. The summed E-state index contributed by atoms with van der Waals surface area (Å²) in [7, 11) is -3.61. The largest absolute Gasteiger partial charge is 0.465 e. The first kappa shape index (κ1) is 19.9. The molecule has 7 heteroatoms. The molecule has 2 aromatic rings. The monoisotopic (exact) mass is 377 g/mol. The maximum absolute atomic E-state index is 12.5. The Hall–Kier alpha value is -2.38. The lowest BCUT2D eigenvalue weighted by molar-refractivity contribution is -0.145. The van der Waals surface area contributed by atoms with Crippen molar-refractivity contribution in [1.82, 2.24) is 0 Å². The molecule has 0 aliphatic rings. The van der Waals surface area contributed by atoms with E-state index in [9.17, 15) is 13.2 Å². The van der Waals surface area contributed by atoms with Crippen LogP contribution in [-0.2, 0) is 26.1 Å². The highest BCUT2D eigenvalue weighted by Crippen LogP contribution is 2.25. The smallest absolute Gasteiger partial charge is 0.315 e. The van der Waals surface area contributed by atoms with E-state index < -0.39 is 28.0 Å². The van der Waals surface area contributed by atoms with Gasteiger partial charge in [0.25, 0.3) is 0 Å². The van der Waals surface area contributed by atoms with Crippen LogP contribution in [0.1, 0.15) is 24.0 Å². The standard InChI is InChI=1S/C19H23NO5S/c1-3-24-19(21)18(17(20)13-14-7-5-4-6-8-14)15-9-11-16(12-10-15)25-26(2,22)23/h4-12,17-18H,3,13,20H2,1-2H3. The molecule has 6 nitrogen and oxygen atoms in total. The summed E-state index contributed by atoms with van der Waals surface area (Å²) >= 11 is 0. The summed E-state index contributed by atoms with van der Waals surface area (Å²) in [5.74, 6) is -0.898. The van der Waals surface area contributed by atoms with Gasteiger partial charge in [0, 0.05) is 6.04 Å². The Morgan fingerprint density at radius 3 is 2.23 bits per heavy atom. The first-order valence-corrected chi connectivity index (χ1v) is 10.1. The normalized spacial score (nSPS) is 13.7. The minimum absolute atomic E-state index is 0.176. The average Bonchev–Trinajstić information content (AvgIpc) is 2.56. The van der Waals surface area contributed by atoms with E-state index in [0.29, 0.717) is 12.0 Å². The summed E-state index contributed by atoms with van der Waals surface area (Å²) in [5, 5.41) is 0. The predicted molar refractivity (Wildman–Crippen MR) is 99.4 cm³/mol. The molecule has 0 aliphatic carbocycles. The molecule has 2 rings (SSSR count). The second-order valence-corrected chi connectivity index (χ2v) is 7.51. The van der Waals surface area contributed by atoms with E-state index in [0.717, 1.165) is 11.8 Å². The average molecular weight is 377 g/mol. The van der Waals surface area contributed by atoms with Crippen LogP contribution in [-0.4, -0.2) is 33.3 Å². The van der Waals surface area contributed by atoms with Gasteiger partial charge >= 0.3 is 16.1 Å². The number of benzene rings is 2. The van der Waals surface area contributed by atoms with Gasteiger partial charge in [0.2, 0.25) is 0 Å². The Morgan fingerprint density at radius 2 is 1.69 bits per heavy atom. The molecule has 0 bridgehead atoms. The van der Waals surface area contributed by atoms with E-state index in [-0.39, 0.29) is 12.4 Å². The van der Waals surface area contributed by atoms with Crippen molar-refractivity contribution < 1.29 is 22.1 Å². The highest BCUT2D eigenvalue weighted by atomic mass is 32.2. The Balaban J connectivity index is 2.25. The maximum atomic E-state index is 12.5. The molecule has 2 N–H and O–H groups in total. The first-order chi connectivity index (χ1) is 12.3. The summed E-state index contributed by atoms with van der Waals surface area (Å²) in [4.78, 5) is 12.5. The zero-order valence-electron chi connectivity index (χ0n) is 14.8. The summed E-state index contributed by atoms with van der Waals surface area (Å²) in [6.45, 7) is 1.99. The summed E-state index contributed by atoms with van der Waals surface area (Å²) in [6, 6.07) is 15.4. The minimum atomic E-state index is -3.61. The van der Waals surface area contributed by atoms with Crippen LogP contribution in [0, 0.1) is 0 Å². The molecule has 140 valence electrons. The topological polar surface area (TPSA) is 95.7 Å². The number of nitrogens with two attached hydrogens (primary N) is 1. The fourth-order valence-electron chi connectivity index (χ4n) is 2.70. The van der Waals surface area contributed by atoms with Gasteiger partial charge in [-0.1, -0.05) is 42.5 Å². The lowest BCUT2D eigenvalue weighted by Crippen LogP contribution is -2.36. The van der Waals surface area contributed by atoms with Crippen molar-refractivity contribution in [1.29, 1.82) is 0 Å². The third kappa shape index (κ3) is 5.86. The summed E-state index contributed by atoms with van der Waals surface area (Å²) in [6.07, 6.45) is 1.48. The molecule has 2 aromatic carbocycles. The highest BCUT2D eigenvalue weighted by molar-refractivity contribution is 7.86. The van der Waals surface area contributed by atoms with Gasteiger partial charge < -0.3 is 14.7 Å². The SMILES string of the molecule is CCOC(=O)C(c1ccc(OS(C)(=O)=O)cc1)C(N)Cc1ccccc1. The molecule has 0 amide bonds. The molecule has 2 unspecified atom stereocenters. The third-order valence-corrected chi connectivity index (χ3v) is 4.26. The molecule has 0 radical (unpaired) electrons. The first-order valence-electron chi connectivity index (χ1n) is 8.25. The fourth-order valence-corrected chi connectivity index (χ4v) is 3.16. The zero-order chi connectivity index (χ0) is 19.2. The van der Waals surface area contributed by atoms with Crippen molar-refractivity contribution in [3.05, 3.63) is 65.7 Å². The minimum Gasteiger partial charge on any atom is -0.465 e. The van der Waals surface area contributed by atoms with Crippen LogP contribution in [0.2, 0.25) is 0 Å². The van der Waals surface area contributed by atoms with Crippen LogP contribution in [0.3, 0.4) is 0 Å². The molecular weight excluding hydrogens is 354 g/mol. The van der Waals surface area contributed by atoms with Crippen molar-refractivity contribution in [2.75, 3.05) is 12.9 Å². The fraction of sp³-hybridized carbons (Fsp3) is 0.316. The Labute approximate surface area is 154 Å². The second kappa shape index (κ2) is 8.82. The molecule has 0 saturated carbocycles. The van der Waals surface area contributed by atoms with Crippen LogP contribution in [0.5, 0.6) is 5.75 Å². The van der Waals surface area contributed by atoms with Crippen molar-refractivity contribution in [3.63, 3.8) is 0 Å². The highest BCUT2D eigenvalue weighted by Gasteiger charge is 2.29. The third-order valence-electron chi connectivity index (χ3n) is 3.77. The van der Waals surface area contributed by atoms with E-state index in [1.807, 2.05) is 30.3 Å². The van der Waals surface area contributed by atoms with Gasteiger partial charge in [-0.25, -0.2) is 0 Å². The van der Waals surface area contributed by atoms with Gasteiger partial charge in [0.05, 0.1) is 18.8 Å². The number of rotatable bonds is 8. The Kier molecular flexibility index (Phi) is 6.76. The molecule has 0 aromatic heterocycles. The van der Waals surface area contributed by atoms with Crippen molar-refractivity contribution in [2.24, 2.45) is 5.73 Å². The number of hydrogen-bond donors (Lipinski definition) is 1. The molecule has 0 heterocycles. The number of carbonyl (C=O) groups excluding carboxylic acids is 1. The number of esters is 1. The number of carbonyl (C=O) groups is 1. The van der Waals surface area contributed by atoms with Gasteiger partial charge in [0.1, 0.15) is 5.75 Å². The van der Waals surface area contributed by atoms with Crippen LogP contribution >= 0.6 is 0 Å². The molecule has 0 aliphatic heterocycles. The quantitative estimate of drug-likeness (QED) is 0.560. The number of ether oxygens (including phenoxy) is 1. The second-order valence-electron chi connectivity index (χ2n) is 5.94. The van der Waals surface area contributed by atoms with Crippen molar-refractivity contribution >= 4 is 16.1 Å². The van der Waals surface area contributed by atoms with Gasteiger partial charge in [-0.05, 0) is 36.6 Å². The molecule has 0 saturated heterocycles. The Morgan fingerprint density at radius 1 is 1.08 bits per heavy atom. The van der Waals surface area contributed by atoms with Gasteiger partial charge in [0.15, 0.2) is 0 Å². The van der Waals surface area contributed by atoms with Crippen molar-refractivity contribution in [2.45, 2.75) is 25.3 Å². The lowest BCUT2D eigenvalue weighted by Gasteiger charge is -2.23. The molecule has 2 atom stereocenters. The van der Waals surface area contributed by atoms with E-state index in [4.69, 9.17) is 14.7 Å².